The molecule has 2 nitrogen and oxygen atoms in total. The summed E-state index contributed by atoms with van der Waals surface area (Å²) in [6.45, 7) is 13.5. The highest BCUT2D eigenvalue weighted by Crippen LogP contribution is 2.25. The number of aryl methyl sites for hydroxylation is 1. The molecule has 1 N–H and O–H groups in total. The lowest BCUT2D eigenvalue weighted by Gasteiger charge is -2.19. The standard InChI is InChI=1S/C20H33NOS/c1-14(8-7-9-15(2)12-22)10-16(3)18(5)17(4)11-20-13-23-19(6)21-20/h10-11,13,15-16,18,22H,7-9,12H2,1-6H3/b14-10+,17-11+. The molecule has 0 aliphatic rings. The Balaban J connectivity index is 2.55. The molecule has 3 heteroatoms. The van der Waals surface area contributed by atoms with Gasteiger partial charge in [0, 0.05) is 12.0 Å². The van der Waals surface area contributed by atoms with Gasteiger partial charge in [0.1, 0.15) is 0 Å². The summed E-state index contributed by atoms with van der Waals surface area (Å²) in [5, 5.41) is 12.3. The Labute approximate surface area is 146 Å². The van der Waals surface area contributed by atoms with Gasteiger partial charge in [0.05, 0.1) is 10.7 Å². The lowest BCUT2D eigenvalue weighted by atomic mass is 9.87. The van der Waals surface area contributed by atoms with Gasteiger partial charge >= 0.3 is 0 Å². The summed E-state index contributed by atoms with van der Waals surface area (Å²) < 4.78 is 0. The minimum Gasteiger partial charge on any atom is -0.396 e. The zero-order chi connectivity index (χ0) is 17.4. The second-order valence-corrected chi connectivity index (χ2v) is 8.08. The molecule has 1 aromatic heterocycles. The van der Waals surface area contributed by atoms with E-state index in [1.807, 2.05) is 6.92 Å². The highest BCUT2D eigenvalue weighted by molar-refractivity contribution is 7.09. The molecule has 0 aliphatic carbocycles. The van der Waals surface area contributed by atoms with Crippen LogP contribution in [0.5, 0.6) is 0 Å². The van der Waals surface area contributed by atoms with Crippen molar-refractivity contribution in [3.05, 3.63) is 33.3 Å². The Morgan fingerprint density at radius 1 is 1.30 bits per heavy atom. The van der Waals surface area contributed by atoms with Crippen molar-refractivity contribution in [3.63, 3.8) is 0 Å². The van der Waals surface area contributed by atoms with E-state index in [2.05, 4.69) is 57.1 Å². The van der Waals surface area contributed by atoms with E-state index in [-0.39, 0.29) is 0 Å². The summed E-state index contributed by atoms with van der Waals surface area (Å²) in [5.74, 6) is 1.47. The van der Waals surface area contributed by atoms with E-state index < -0.39 is 0 Å². The maximum atomic E-state index is 9.08. The fourth-order valence-electron chi connectivity index (χ4n) is 2.72. The van der Waals surface area contributed by atoms with Gasteiger partial charge in [-0.15, -0.1) is 11.3 Å². The van der Waals surface area contributed by atoms with Crippen LogP contribution < -0.4 is 0 Å². The predicted octanol–water partition coefficient (Wildman–Crippen LogP) is 5.87. The number of aliphatic hydroxyl groups is 1. The molecule has 0 spiro atoms. The molecule has 3 atom stereocenters. The molecule has 1 rings (SSSR count). The Kier molecular flexibility index (Phi) is 8.78. The topological polar surface area (TPSA) is 33.1 Å². The number of hydrogen-bond acceptors (Lipinski definition) is 3. The van der Waals surface area contributed by atoms with E-state index in [0.717, 1.165) is 30.0 Å². The quantitative estimate of drug-likeness (QED) is 0.572. The number of allylic oxidation sites excluding steroid dienone is 3. The van der Waals surface area contributed by atoms with Crippen molar-refractivity contribution < 1.29 is 5.11 Å². The Morgan fingerprint density at radius 2 is 2.00 bits per heavy atom. The lowest BCUT2D eigenvalue weighted by Crippen LogP contribution is -2.07. The van der Waals surface area contributed by atoms with Gasteiger partial charge in [-0.25, -0.2) is 4.98 Å². The molecule has 3 unspecified atom stereocenters. The summed E-state index contributed by atoms with van der Waals surface area (Å²) in [6, 6.07) is 0. The van der Waals surface area contributed by atoms with E-state index in [9.17, 15) is 0 Å². The number of thiazole rings is 1. The molecule has 0 bridgehead atoms. The zero-order valence-corrected chi connectivity index (χ0v) is 16.4. The molecule has 130 valence electrons. The molecule has 0 fully saturated rings. The van der Waals surface area contributed by atoms with Gasteiger partial charge in [0.25, 0.3) is 0 Å². The maximum absolute atomic E-state index is 9.08. The van der Waals surface area contributed by atoms with Crippen LogP contribution in [0, 0.1) is 24.7 Å². The first-order valence-corrected chi connectivity index (χ1v) is 9.60. The number of aliphatic hydroxyl groups excluding tert-OH is 1. The van der Waals surface area contributed by atoms with Crippen LogP contribution in [-0.2, 0) is 0 Å². The van der Waals surface area contributed by atoms with Crippen LogP contribution in [0.25, 0.3) is 6.08 Å². The molecule has 0 saturated carbocycles. The molecule has 0 aromatic carbocycles. The van der Waals surface area contributed by atoms with Crippen LogP contribution >= 0.6 is 11.3 Å². The summed E-state index contributed by atoms with van der Waals surface area (Å²) >= 11 is 1.70. The van der Waals surface area contributed by atoms with Crippen LogP contribution in [0.3, 0.4) is 0 Å². The average molecular weight is 336 g/mol. The van der Waals surface area contributed by atoms with Crippen molar-refractivity contribution in [3.8, 4) is 0 Å². The average Bonchev–Trinajstić information content (AvgIpc) is 2.90. The molecular formula is C20H33NOS. The van der Waals surface area contributed by atoms with Crippen molar-refractivity contribution in [1.82, 2.24) is 4.98 Å². The zero-order valence-electron chi connectivity index (χ0n) is 15.6. The highest BCUT2D eigenvalue weighted by atomic mass is 32.1. The van der Waals surface area contributed by atoms with E-state index in [1.54, 1.807) is 11.3 Å². The molecule has 1 aromatic rings. The summed E-state index contributed by atoms with van der Waals surface area (Å²) in [6.07, 6.45) is 8.04. The first kappa shape index (κ1) is 20.1. The number of aromatic nitrogens is 1. The number of hydrogen-bond donors (Lipinski definition) is 1. The number of nitrogens with zero attached hydrogens (tertiary/aromatic N) is 1. The number of rotatable bonds is 9. The molecule has 0 amide bonds. The lowest BCUT2D eigenvalue weighted by molar-refractivity contribution is 0.228. The predicted molar refractivity (Wildman–Crippen MR) is 103 cm³/mol. The van der Waals surface area contributed by atoms with Crippen molar-refractivity contribution in [2.45, 2.75) is 60.8 Å². The maximum Gasteiger partial charge on any atom is 0.0901 e. The minimum atomic E-state index is 0.302. The van der Waals surface area contributed by atoms with Crippen LogP contribution in [0.15, 0.2) is 22.6 Å². The van der Waals surface area contributed by atoms with Crippen LogP contribution in [0.2, 0.25) is 0 Å². The Hall–Kier alpha value is -0.930. The molecule has 23 heavy (non-hydrogen) atoms. The monoisotopic (exact) mass is 335 g/mol. The fourth-order valence-corrected chi connectivity index (χ4v) is 3.29. The fraction of sp³-hybridized carbons (Fsp3) is 0.650. The molecule has 0 aliphatic heterocycles. The SMILES string of the molecule is C/C(=C\C(C)C(C)/C(C)=C/c1csc(C)n1)CCCC(C)CO. The van der Waals surface area contributed by atoms with Gasteiger partial charge in [-0.3, -0.25) is 0 Å². The van der Waals surface area contributed by atoms with Crippen molar-refractivity contribution >= 4 is 17.4 Å². The van der Waals surface area contributed by atoms with Gasteiger partial charge < -0.3 is 5.11 Å². The van der Waals surface area contributed by atoms with Gasteiger partial charge in [-0.2, -0.15) is 0 Å². The van der Waals surface area contributed by atoms with Crippen LogP contribution in [-0.4, -0.2) is 16.7 Å². The Bertz CT molecular complexity index is 529. The first-order chi connectivity index (χ1) is 10.8. The normalized spacial score (nSPS) is 17.2. The first-order valence-electron chi connectivity index (χ1n) is 8.72. The smallest absolute Gasteiger partial charge is 0.0901 e. The van der Waals surface area contributed by atoms with E-state index in [1.165, 1.54) is 11.1 Å². The van der Waals surface area contributed by atoms with E-state index in [4.69, 9.17) is 5.11 Å². The molecule has 0 radical (unpaired) electrons. The van der Waals surface area contributed by atoms with Crippen molar-refractivity contribution in [2.75, 3.05) is 6.61 Å². The van der Waals surface area contributed by atoms with E-state index >= 15 is 0 Å². The van der Waals surface area contributed by atoms with Crippen molar-refractivity contribution in [2.24, 2.45) is 17.8 Å². The molecule has 1 heterocycles. The van der Waals surface area contributed by atoms with Gasteiger partial charge in [-0.1, -0.05) is 38.0 Å². The Morgan fingerprint density at radius 3 is 2.57 bits per heavy atom. The van der Waals surface area contributed by atoms with Crippen LogP contribution in [0.1, 0.15) is 64.6 Å². The van der Waals surface area contributed by atoms with Crippen LogP contribution in [0.4, 0.5) is 0 Å². The second kappa shape index (κ2) is 10.0. The third kappa shape index (κ3) is 7.45. The second-order valence-electron chi connectivity index (χ2n) is 7.02. The van der Waals surface area contributed by atoms with Crippen molar-refractivity contribution in [1.29, 1.82) is 0 Å². The molecule has 0 saturated heterocycles. The van der Waals surface area contributed by atoms with Gasteiger partial charge in [0.2, 0.25) is 0 Å². The molecular weight excluding hydrogens is 302 g/mol. The minimum absolute atomic E-state index is 0.302. The van der Waals surface area contributed by atoms with Gasteiger partial charge in [0.15, 0.2) is 0 Å². The third-order valence-corrected chi connectivity index (χ3v) is 5.44. The summed E-state index contributed by atoms with van der Waals surface area (Å²) in [4.78, 5) is 4.52. The van der Waals surface area contributed by atoms with E-state index in [0.29, 0.717) is 24.4 Å². The summed E-state index contributed by atoms with van der Waals surface area (Å²) in [5.41, 5.74) is 3.94. The largest absolute Gasteiger partial charge is 0.396 e. The highest BCUT2D eigenvalue weighted by Gasteiger charge is 2.12. The summed E-state index contributed by atoms with van der Waals surface area (Å²) in [7, 11) is 0. The third-order valence-electron chi connectivity index (χ3n) is 4.65. The van der Waals surface area contributed by atoms with Gasteiger partial charge in [-0.05, 0) is 63.9 Å².